The minimum atomic E-state index is 0.0228. The maximum atomic E-state index is 5.36. The van der Waals surface area contributed by atoms with Gasteiger partial charge in [0.2, 0.25) is 0 Å². The fourth-order valence-corrected chi connectivity index (χ4v) is 9.30. The van der Waals surface area contributed by atoms with Crippen LogP contribution in [0.1, 0.15) is 36.1 Å². The largest absolute Gasteiger partial charge is 0.359 e. The number of amidine groups is 1. The maximum Gasteiger partial charge on any atom is 0.134 e. The summed E-state index contributed by atoms with van der Waals surface area (Å²) < 4.78 is 5.08. The Labute approximate surface area is 306 Å². The highest BCUT2D eigenvalue weighted by Crippen LogP contribution is 2.42. The van der Waals surface area contributed by atoms with Gasteiger partial charge >= 0.3 is 0 Å². The summed E-state index contributed by atoms with van der Waals surface area (Å²) in [6, 6.07) is 61.4. The van der Waals surface area contributed by atoms with Gasteiger partial charge in [-0.05, 0) is 65.1 Å². The lowest BCUT2D eigenvalue weighted by Crippen LogP contribution is -2.34. The Kier molecular flexibility index (Phi) is 7.36. The van der Waals surface area contributed by atoms with E-state index >= 15 is 0 Å². The Hall–Kier alpha value is -6.23. The van der Waals surface area contributed by atoms with Crippen molar-refractivity contribution in [3.63, 3.8) is 0 Å². The second-order valence-electron chi connectivity index (χ2n) is 13.5. The monoisotopic (exact) mass is 685 g/mol. The van der Waals surface area contributed by atoms with Gasteiger partial charge in [0, 0.05) is 47.8 Å². The third kappa shape index (κ3) is 4.98. The molecule has 7 aromatic carbocycles. The van der Waals surface area contributed by atoms with Crippen LogP contribution in [0.5, 0.6) is 0 Å². The predicted molar refractivity (Wildman–Crippen MR) is 222 cm³/mol. The lowest BCUT2D eigenvalue weighted by Gasteiger charge is -2.30. The molecular formula is C48H35N3S. The van der Waals surface area contributed by atoms with Crippen LogP contribution in [-0.4, -0.2) is 10.4 Å². The summed E-state index contributed by atoms with van der Waals surface area (Å²) in [7, 11) is 0. The van der Waals surface area contributed by atoms with Crippen LogP contribution in [-0.2, 0) is 0 Å². The molecule has 0 radical (unpaired) electrons. The van der Waals surface area contributed by atoms with E-state index in [1.165, 1.54) is 64.2 Å². The molecule has 2 aromatic heterocycles. The fourth-order valence-electron chi connectivity index (χ4n) is 8.06. The van der Waals surface area contributed by atoms with Crippen LogP contribution in [0.4, 0.5) is 0 Å². The molecule has 1 atom stereocenters. The molecule has 0 saturated heterocycles. The van der Waals surface area contributed by atoms with Gasteiger partial charge < -0.3 is 9.88 Å². The first kappa shape index (κ1) is 30.6. The number of nitrogens with one attached hydrogen (secondary N) is 1. The number of aromatic nitrogens is 1. The topological polar surface area (TPSA) is 29.3 Å². The zero-order valence-electron chi connectivity index (χ0n) is 28.8. The molecule has 0 amide bonds. The predicted octanol–water partition coefficient (Wildman–Crippen LogP) is 12.7. The van der Waals surface area contributed by atoms with E-state index in [2.05, 4.69) is 187 Å². The Bertz CT molecular complexity index is 2860. The summed E-state index contributed by atoms with van der Waals surface area (Å²) in [5.41, 5.74) is 11.8. The average Bonchev–Trinajstić information content (AvgIpc) is 3.77. The van der Waals surface area contributed by atoms with Gasteiger partial charge in [-0.1, -0.05) is 140 Å². The second-order valence-corrected chi connectivity index (χ2v) is 14.5. The number of hydrogen-bond acceptors (Lipinski definition) is 3. The van der Waals surface area contributed by atoms with Crippen LogP contribution in [0, 0.1) is 0 Å². The van der Waals surface area contributed by atoms with Gasteiger partial charge in [0.15, 0.2) is 0 Å². The first-order valence-corrected chi connectivity index (χ1v) is 18.8. The molecule has 3 nitrogen and oxygen atoms in total. The molecule has 3 heterocycles. The molecule has 1 aliphatic rings. The fraction of sp³-hybridized carbons (Fsp3) is 0.0625. The van der Waals surface area contributed by atoms with Crippen LogP contribution in [0.2, 0.25) is 0 Å². The Morgan fingerprint density at radius 1 is 0.577 bits per heavy atom. The van der Waals surface area contributed by atoms with Gasteiger partial charge in [0.05, 0.1) is 22.8 Å². The van der Waals surface area contributed by atoms with Crippen LogP contribution >= 0.6 is 11.3 Å². The van der Waals surface area contributed by atoms with Gasteiger partial charge in [-0.3, -0.25) is 0 Å². The van der Waals surface area contributed by atoms with Gasteiger partial charge in [0.1, 0.15) is 5.84 Å². The number of rotatable bonds is 6. The smallest absolute Gasteiger partial charge is 0.134 e. The highest BCUT2D eigenvalue weighted by molar-refractivity contribution is 7.26. The van der Waals surface area contributed by atoms with Crippen molar-refractivity contribution in [1.82, 2.24) is 9.88 Å². The zero-order valence-corrected chi connectivity index (χ0v) is 29.6. The molecule has 4 heteroatoms. The molecule has 10 rings (SSSR count). The lowest BCUT2D eigenvalue weighted by atomic mass is 9.90. The van der Waals surface area contributed by atoms with Crippen LogP contribution in [0.25, 0.3) is 64.5 Å². The summed E-state index contributed by atoms with van der Waals surface area (Å²) in [4.78, 5) is 5.36. The molecule has 52 heavy (non-hydrogen) atoms. The van der Waals surface area contributed by atoms with E-state index < -0.39 is 0 Å². The van der Waals surface area contributed by atoms with E-state index in [0.717, 1.165) is 34.8 Å². The van der Waals surface area contributed by atoms with Gasteiger partial charge in [-0.15, -0.1) is 11.3 Å². The highest BCUT2D eigenvalue weighted by Gasteiger charge is 2.27. The number of aliphatic imine (C=N–C) groups is 1. The molecule has 9 aromatic rings. The zero-order chi connectivity index (χ0) is 34.6. The number of nitrogens with zero attached hydrogens (tertiary/aromatic N) is 2. The number of thiophene rings is 1. The molecule has 0 saturated carbocycles. The first-order valence-electron chi connectivity index (χ1n) is 18.0. The molecule has 248 valence electrons. The summed E-state index contributed by atoms with van der Waals surface area (Å²) in [6.45, 7) is 2.24. The van der Waals surface area contributed by atoms with Crippen molar-refractivity contribution in [2.45, 2.75) is 19.4 Å². The molecule has 1 unspecified atom stereocenters. The minimum Gasteiger partial charge on any atom is -0.359 e. The highest BCUT2D eigenvalue weighted by atomic mass is 32.1. The molecule has 0 aliphatic carbocycles. The van der Waals surface area contributed by atoms with E-state index in [4.69, 9.17) is 4.99 Å². The SMILES string of the molecule is CCC1=C(c2cccc(-n3c4ccccc4c4cc(-c5cccc6c5sc5ccccc56)ccc43)c2)N=C(c2ccccc2)NC1c1ccccc1. The maximum absolute atomic E-state index is 5.36. The van der Waals surface area contributed by atoms with Crippen molar-refractivity contribution < 1.29 is 0 Å². The van der Waals surface area contributed by atoms with E-state index in [1.807, 2.05) is 11.3 Å². The Morgan fingerprint density at radius 2 is 1.27 bits per heavy atom. The summed E-state index contributed by atoms with van der Waals surface area (Å²) in [5, 5.41) is 8.95. The van der Waals surface area contributed by atoms with Crippen molar-refractivity contribution in [3.8, 4) is 16.8 Å². The summed E-state index contributed by atoms with van der Waals surface area (Å²) >= 11 is 1.88. The Morgan fingerprint density at radius 3 is 2.12 bits per heavy atom. The summed E-state index contributed by atoms with van der Waals surface area (Å²) in [6.07, 6.45) is 0.877. The average molecular weight is 686 g/mol. The van der Waals surface area contributed by atoms with Gasteiger partial charge in [-0.2, -0.15) is 0 Å². The number of para-hydroxylation sites is 1. The van der Waals surface area contributed by atoms with E-state index in [9.17, 15) is 0 Å². The van der Waals surface area contributed by atoms with Crippen LogP contribution in [0.15, 0.2) is 180 Å². The minimum absolute atomic E-state index is 0.0228. The van der Waals surface area contributed by atoms with Crippen LogP contribution < -0.4 is 5.32 Å². The Balaban J connectivity index is 1.14. The van der Waals surface area contributed by atoms with Gasteiger partial charge in [0.25, 0.3) is 0 Å². The van der Waals surface area contributed by atoms with E-state index in [1.54, 1.807) is 0 Å². The molecule has 1 aliphatic heterocycles. The second kappa shape index (κ2) is 12.5. The van der Waals surface area contributed by atoms with Gasteiger partial charge in [-0.25, -0.2) is 4.99 Å². The van der Waals surface area contributed by atoms with Crippen molar-refractivity contribution in [3.05, 3.63) is 192 Å². The molecular weight excluding hydrogens is 651 g/mol. The van der Waals surface area contributed by atoms with Crippen molar-refractivity contribution in [1.29, 1.82) is 0 Å². The molecule has 1 N–H and O–H groups in total. The summed E-state index contributed by atoms with van der Waals surface area (Å²) in [5.74, 6) is 0.894. The third-order valence-corrected chi connectivity index (χ3v) is 11.7. The van der Waals surface area contributed by atoms with Crippen molar-refractivity contribution in [2.24, 2.45) is 4.99 Å². The normalized spacial score (nSPS) is 14.7. The lowest BCUT2D eigenvalue weighted by molar-refractivity contribution is 0.705. The third-order valence-electron chi connectivity index (χ3n) is 10.5. The number of fused-ring (bicyclic) bond motifs is 6. The van der Waals surface area contributed by atoms with E-state index in [0.29, 0.717) is 0 Å². The molecule has 0 spiro atoms. The van der Waals surface area contributed by atoms with Crippen molar-refractivity contribution >= 4 is 64.8 Å². The quantitative estimate of drug-likeness (QED) is 0.185. The van der Waals surface area contributed by atoms with Crippen LogP contribution in [0.3, 0.4) is 0 Å². The number of hydrogen-bond donors (Lipinski definition) is 1. The first-order chi connectivity index (χ1) is 25.7. The standard InChI is InChI=1S/C48H35N3S/c1-2-36-45(31-15-5-3-6-16-31)49-48(32-17-7-4-8-18-32)50-46(36)34-19-13-20-35(29-34)51-42-25-11-9-21-38(42)41-30-33(27-28-43(41)51)37-23-14-24-40-39-22-10-12-26-44(39)52-47(37)40/h3-30,45H,2H2,1H3,(H,49,50). The van der Waals surface area contributed by atoms with E-state index in [-0.39, 0.29) is 6.04 Å². The molecule has 0 fully saturated rings. The van der Waals surface area contributed by atoms with Crippen molar-refractivity contribution in [2.75, 3.05) is 0 Å². The molecule has 0 bridgehead atoms. The number of benzene rings is 7.